The van der Waals surface area contributed by atoms with Crippen LogP contribution >= 0.6 is 0 Å². The lowest BCUT2D eigenvalue weighted by atomic mass is 9.90. The Morgan fingerprint density at radius 1 is 1.00 bits per heavy atom. The normalized spacial score (nSPS) is 20.8. The van der Waals surface area contributed by atoms with E-state index in [0.29, 0.717) is 51.5 Å². The Bertz CT molecular complexity index is 1370. The first-order valence-electron chi connectivity index (χ1n) is 13.1. The summed E-state index contributed by atoms with van der Waals surface area (Å²) in [6, 6.07) is 16.6. The molecule has 0 unspecified atom stereocenters. The van der Waals surface area contributed by atoms with Crippen molar-refractivity contribution in [3.05, 3.63) is 66.5 Å². The van der Waals surface area contributed by atoms with Gasteiger partial charge in [-0.15, -0.1) is 0 Å². The molecule has 3 aliphatic rings. The van der Waals surface area contributed by atoms with Crippen molar-refractivity contribution in [3.8, 4) is 22.3 Å². The average molecular weight is 514 g/mol. The number of nitrogens with zero attached hydrogens (tertiary/aromatic N) is 5. The van der Waals surface area contributed by atoms with E-state index in [2.05, 4.69) is 41.5 Å². The highest BCUT2D eigenvalue weighted by Crippen LogP contribution is 2.36. The number of rotatable bonds is 5. The maximum Gasteiger partial charge on any atom is 0.407 e. The van der Waals surface area contributed by atoms with Crippen LogP contribution in [0.4, 0.5) is 4.79 Å². The highest BCUT2D eigenvalue weighted by atomic mass is 16.5. The monoisotopic (exact) mass is 513 g/mol. The average Bonchev–Trinajstić information content (AvgIpc) is 3.65. The Balaban J connectivity index is 1.25. The molecule has 0 aliphatic carbocycles. The number of amides is 2. The van der Waals surface area contributed by atoms with E-state index in [4.69, 9.17) is 9.73 Å². The molecule has 196 valence electrons. The summed E-state index contributed by atoms with van der Waals surface area (Å²) in [4.78, 5) is 33.4. The minimum Gasteiger partial charge on any atom is -0.465 e. The third-order valence-corrected chi connectivity index (χ3v) is 7.94. The number of carbonyl (C=O) groups excluding carboxylic acids is 1. The number of carbonyl (C=O) groups is 2. The van der Waals surface area contributed by atoms with E-state index in [1.807, 2.05) is 31.6 Å². The summed E-state index contributed by atoms with van der Waals surface area (Å²) in [5.74, 6) is 0.789. The van der Waals surface area contributed by atoms with Gasteiger partial charge < -0.3 is 14.7 Å². The van der Waals surface area contributed by atoms with Gasteiger partial charge in [0.25, 0.3) is 5.91 Å². The molecular weight excluding hydrogens is 482 g/mol. The van der Waals surface area contributed by atoms with E-state index >= 15 is 0 Å². The minimum absolute atomic E-state index is 0.0136. The minimum atomic E-state index is -0.904. The van der Waals surface area contributed by atoms with Crippen LogP contribution in [0.2, 0.25) is 0 Å². The second-order valence-corrected chi connectivity index (χ2v) is 10.4. The topological polar surface area (TPSA) is 100 Å². The van der Waals surface area contributed by atoms with Crippen molar-refractivity contribution in [2.75, 3.05) is 32.8 Å². The molecule has 9 nitrogen and oxygen atoms in total. The highest BCUT2D eigenvalue weighted by molar-refractivity contribution is 6.15. The van der Waals surface area contributed by atoms with Gasteiger partial charge in [-0.3, -0.25) is 19.4 Å². The van der Waals surface area contributed by atoms with Crippen LogP contribution in [0.3, 0.4) is 0 Å². The maximum absolute atomic E-state index is 13.7. The SMILES string of the molecule is Cn1cc(-c2ccc(-c3ccc(C4=NC5(CCOCC5)C(=O)N4C[C@@H]4CCN(C(=O)O)C4)cc3)cc2)cn1. The fourth-order valence-electron chi connectivity index (χ4n) is 5.73. The first-order chi connectivity index (χ1) is 18.4. The van der Waals surface area contributed by atoms with Crippen LogP contribution in [-0.2, 0) is 16.6 Å². The molecule has 9 heteroatoms. The van der Waals surface area contributed by atoms with Crippen LogP contribution in [0, 0.1) is 5.92 Å². The van der Waals surface area contributed by atoms with Crippen molar-refractivity contribution in [2.24, 2.45) is 18.0 Å². The van der Waals surface area contributed by atoms with Gasteiger partial charge in [0.05, 0.1) is 6.20 Å². The smallest absolute Gasteiger partial charge is 0.407 e. The molecule has 1 aromatic heterocycles. The number of benzene rings is 2. The molecule has 2 fully saturated rings. The van der Waals surface area contributed by atoms with Crippen molar-refractivity contribution in [1.29, 1.82) is 0 Å². The second kappa shape index (κ2) is 9.72. The first-order valence-corrected chi connectivity index (χ1v) is 13.1. The van der Waals surface area contributed by atoms with Crippen molar-refractivity contribution in [2.45, 2.75) is 24.8 Å². The zero-order valence-corrected chi connectivity index (χ0v) is 21.4. The van der Waals surface area contributed by atoms with Crippen molar-refractivity contribution < 1.29 is 19.4 Å². The predicted octanol–water partition coefficient (Wildman–Crippen LogP) is 3.89. The van der Waals surface area contributed by atoms with E-state index in [9.17, 15) is 14.7 Å². The zero-order chi connectivity index (χ0) is 26.3. The van der Waals surface area contributed by atoms with Gasteiger partial charge in [-0.1, -0.05) is 48.5 Å². The highest BCUT2D eigenvalue weighted by Gasteiger charge is 2.50. The Hall–Kier alpha value is -3.98. The summed E-state index contributed by atoms with van der Waals surface area (Å²) in [6.07, 6.45) is 4.83. The summed E-state index contributed by atoms with van der Waals surface area (Å²) in [5.41, 5.74) is 4.49. The molecular formula is C29H31N5O4. The molecule has 0 bridgehead atoms. The van der Waals surface area contributed by atoms with Gasteiger partial charge in [0, 0.05) is 70.1 Å². The third kappa shape index (κ3) is 4.47. The van der Waals surface area contributed by atoms with Crippen molar-refractivity contribution >= 4 is 17.8 Å². The van der Waals surface area contributed by atoms with Crippen LogP contribution in [-0.4, -0.2) is 80.9 Å². The number of aryl methyl sites for hydroxylation is 1. The lowest BCUT2D eigenvalue weighted by Gasteiger charge is -2.30. The van der Waals surface area contributed by atoms with E-state index in [1.54, 1.807) is 9.58 Å². The van der Waals surface area contributed by atoms with E-state index in [0.717, 1.165) is 34.2 Å². The van der Waals surface area contributed by atoms with Gasteiger partial charge in [-0.05, 0) is 29.0 Å². The third-order valence-electron chi connectivity index (χ3n) is 7.94. The molecule has 2 amide bonds. The van der Waals surface area contributed by atoms with E-state index in [-0.39, 0.29) is 11.8 Å². The van der Waals surface area contributed by atoms with Crippen LogP contribution in [0.5, 0.6) is 0 Å². The summed E-state index contributed by atoms with van der Waals surface area (Å²) >= 11 is 0. The number of hydrogen-bond donors (Lipinski definition) is 1. The van der Waals surface area contributed by atoms with Crippen LogP contribution in [0.25, 0.3) is 22.3 Å². The molecule has 6 rings (SSSR count). The van der Waals surface area contributed by atoms with Gasteiger partial charge in [0.2, 0.25) is 0 Å². The van der Waals surface area contributed by atoms with Gasteiger partial charge in [-0.25, -0.2) is 4.79 Å². The van der Waals surface area contributed by atoms with Gasteiger partial charge in [-0.2, -0.15) is 5.10 Å². The maximum atomic E-state index is 13.7. The molecule has 3 aromatic rings. The summed E-state index contributed by atoms with van der Waals surface area (Å²) in [6.45, 7) is 2.45. The van der Waals surface area contributed by atoms with Crippen molar-refractivity contribution in [1.82, 2.24) is 19.6 Å². The first kappa shape index (κ1) is 24.4. The Kier molecular flexibility index (Phi) is 6.23. The molecule has 1 spiro atoms. The van der Waals surface area contributed by atoms with E-state index < -0.39 is 11.6 Å². The number of aromatic nitrogens is 2. The predicted molar refractivity (Wildman–Crippen MR) is 143 cm³/mol. The number of amidine groups is 1. The summed E-state index contributed by atoms with van der Waals surface area (Å²) in [7, 11) is 1.91. The van der Waals surface area contributed by atoms with Gasteiger partial charge in [0.1, 0.15) is 11.4 Å². The second-order valence-electron chi connectivity index (χ2n) is 10.4. The standard InChI is InChI=1S/C29H31N5O4/c1-32-19-25(16-30-32)23-4-2-21(3-5-23)22-6-8-24(9-7-22)26-31-29(11-14-38-15-12-29)27(35)34(26)18-20-10-13-33(17-20)28(36)37/h2-9,16,19-20H,10-15,17-18H2,1H3,(H,36,37)/t20-/m1/s1. The number of ether oxygens (including phenoxy) is 1. The molecule has 38 heavy (non-hydrogen) atoms. The number of likely N-dealkylation sites (tertiary alicyclic amines) is 1. The zero-order valence-electron chi connectivity index (χ0n) is 21.4. The van der Waals surface area contributed by atoms with Gasteiger partial charge >= 0.3 is 6.09 Å². The van der Waals surface area contributed by atoms with Crippen molar-refractivity contribution in [3.63, 3.8) is 0 Å². The summed E-state index contributed by atoms with van der Waals surface area (Å²) in [5, 5.41) is 13.6. The molecule has 2 aromatic carbocycles. The largest absolute Gasteiger partial charge is 0.465 e. The van der Waals surface area contributed by atoms with E-state index in [1.165, 1.54) is 4.90 Å². The molecule has 1 N–H and O–H groups in total. The number of carboxylic acid groups (broad SMARTS) is 1. The van der Waals surface area contributed by atoms with Crippen LogP contribution in [0.15, 0.2) is 65.9 Å². The fraction of sp³-hybridized carbons (Fsp3) is 0.379. The molecule has 0 saturated carbocycles. The Morgan fingerprint density at radius 3 is 2.16 bits per heavy atom. The molecule has 0 radical (unpaired) electrons. The molecule has 3 aliphatic heterocycles. The van der Waals surface area contributed by atoms with Gasteiger partial charge in [0.15, 0.2) is 0 Å². The fourth-order valence-corrected chi connectivity index (χ4v) is 5.73. The van der Waals surface area contributed by atoms with Crippen LogP contribution < -0.4 is 0 Å². The number of hydrogen-bond acceptors (Lipinski definition) is 5. The quantitative estimate of drug-likeness (QED) is 0.558. The Labute approximate surface area is 221 Å². The lowest BCUT2D eigenvalue weighted by Crippen LogP contribution is -2.47. The van der Waals surface area contributed by atoms with Crippen LogP contribution in [0.1, 0.15) is 24.8 Å². The molecule has 4 heterocycles. The number of aliphatic imine (C=N–C) groups is 1. The Morgan fingerprint density at radius 2 is 1.61 bits per heavy atom. The lowest BCUT2D eigenvalue weighted by molar-refractivity contribution is -0.134. The molecule has 2 saturated heterocycles. The summed E-state index contributed by atoms with van der Waals surface area (Å²) < 4.78 is 7.33. The molecule has 1 atom stereocenters.